The van der Waals surface area contributed by atoms with E-state index in [1.807, 2.05) is 0 Å². The Morgan fingerprint density at radius 3 is 2.44 bits per heavy atom. The number of ether oxygens (including phenoxy) is 2. The summed E-state index contributed by atoms with van der Waals surface area (Å²) in [6, 6.07) is 4.75. The van der Waals surface area contributed by atoms with Gasteiger partial charge in [0.05, 0.1) is 28.0 Å². The maximum Gasteiger partial charge on any atom is 0.412 e. The van der Waals surface area contributed by atoms with Crippen LogP contribution in [0, 0.1) is 0 Å². The number of rotatable bonds is 6. The Balaban J connectivity index is 1.59. The number of anilines is 1. The van der Waals surface area contributed by atoms with E-state index in [0.717, 1.165) is 35.6 Å². The van der Waals surface area contributed by atoms with Crippen LogP contribution in [0.4, 0.5) is 15.3 Å². The number of aromatic nitrogens is 1. The molecule has 2 aliphatic rings. The fourth-order valence-electron chi connectivity index (χ4n) is 4.29. The van der Waals surface area contributed by atoms with Crippen molar-refractivity contribution in [1.29, 1.82) is 0 Å². The standard InChI is InChI=1S/C24H31N3O7S2/c1-24(2,3)34-23(30)27-16-8-9-18(20(10-16)36(31,32)17-12-33-13-17)19-11-25-21(35-19)14-4-6-15(7-5-14)26-22(28)29/h8-11,14-15,17,26H,4-7,12-13H2,1-3H3,(H,27,30)(H,28,29). The van der Waals surface area contributed by atoms with Crippen molar-refractivity contribution in [3.8, 4) is 10.4 Å². The van der Waals surface area contributed by atoms with Crippen molar-refractivity contribution < 1.29 is 32.6 Å². The van der Waals surface area contributed by atoms with Crippen LogP contribution in [-0.4, -0.2) is 60.8 Å². The van der Waals surface area contributed by atoms with Crippen molar-refractivity contribution in [3.05, 3.63) is 29.4 Å². The number of sulfone groups is 1. The molecule has 10 nitrogen and oxygen atoms in total. The normalized spacial score (nSPS) is 20.9. The highest BCUT2D eigenvalue weighted by molar-refractivity contribution is 7.92. The Morgan fingerprint density at radius 1 is 1.17 bits per heavy atom. The van der Waals surface area contributed by atoms with E-state index in [0.29, 0.717) is 11.3 Å². The molecule has 1 aromatic carbocycles. The fourth-order valence-corrected chi connectivity index (χ4v) is 7.17. The Kier molecular flexibility index (Phi) is 7.58. The van der Waals surface area contributed by atoms with Gasteiger partial charge in [-0.05, 0) is 58.6 Å². The van der Waals surface area contributed by atoms with Crippen LogP contribution in [0.1, 0.15) is 57.4 Å². The lowest BCUT2D eigenvalue weighted by atomic mass is 9.86. The van der Waals surface area contributed by atoms with E-state index >= 15 is 0 Å². The van der Waals surface area contributed by atoms with Crippen molar-refractivity contribution in [2.45, 2.75) is 74.2 Å². The molecule has 36 heavy (non-hydrogen) atoms. The van der Waals surface area contributed by atoms with Gasteiger partial charge in [0.15, 0.2) is 9.84 Å². The van der Waals surface area contributed by atoms with Gasteiger partial charge in [0.2, 0.25) is 0 Å². The van der Waals surface area contributed by atoms with Crippen LogP contribution in [0.25, 0.3) is 10.4 Å². The highest BCUT2D eigenvalue weighted by Gasteiger charge is 2.36. The van der Waals surface area contributed by atoms with Crippen LogP contribution < -0.4 is 10.6 Å². The molecule has 0 atom stereocenters. The van der Waals surface area contributed by atoms with Crippen molar-refractivity contribution in [2.24, 2.45) is 0 Å². The van der Waals surface area contributed by atoms with Crippen LogP contribution in [0.5, 0.6) is 0 Å². The molecule has 2 fully saturated rings. The van der Waals surface area contributed by atoms with Gasteiger partial charge in [-0.2, -0.15) is 0 Å². The third-order valence-corrected chi connectivity index (χ3v) is 9.47. The third kappa shape index (κ3) is 6.16. The maximum absolute atomic E-state index is 13.4. The third-order valence-electron chi connectivity index (χ3n) is 6.17. The Morgan fingerprint density at radius 2 is 1.86 bits per heavy atom. The van der Waals surface area contributed by atoms with E-state index in [-0.39, 0.29) is 30.1 Å². The van der Waals surface area contributed by atoms with Crippen molar-refractivity contribution in [3.63, 3.8) is 0 Å². The lowest BCUT2D eigenvalue weighted by molar-refractivity contribution is 0.0416. The summed E-state index contributed by atoms with van der Waals surface area (Å²) in [7, 11) is -3.71. The highest BCUT2D eigenvalue weighted by Crippen LogP contribution is 2.41. The first-order chi connectivity index (χ1) is 16.9. The molecule has 1 saturated carbocycles. The quantitative estimate of drug-likeness (QED) is 0.484. The summed E-state index contributed by atoms with van der Waals surface area (Å²) >= 11 is 1.45. The summed E-state index contributed by atoms with van der Waals surface area (Å²) in [4.78, 5) is 28.6. The summed E-state index contributed by atoms with van der Waals surface area (Å²) < 4.78 is 37.3. The number of thiazole rings is 1. The second-order valence-electron chi connectivity index (χ2n) is 10.1. The summed E-state index contributed by atoms with van der Waals surface area (Å²) in [5.74, 6) is 0.198. The van der Waals surface area contributed by atoms with Crippen molar-refractivity contribution >= 4 is 39.0 Å². The molecular weight excluding hydrogens is 506 g/mol. The second kappa shape index (κ2) is 10.3. The molecule has 2 amide bonds. The van der Waals surface area contributed by atoms with Crippen LogP contribution in [-0.2, 0) is 19.3 Å². The van der Waals surface area contributed by atoms with Gasteiger partial charge in [0, 0.05) is 29.4 Å². The van der Waals surface area contributed by atoms with Gasteiger partial charge < -0.3 is 19.9 Å². The monoisotopic (exact) mass is 537 g/mol. The van der Waals surface area contributed by atoms with Crippen molar-refractivity contribution in [2.75, 3.05) is 18.5 Å². The van der Waals surface area contributed by atoms with Crippen LogP contribution in [0.3, 0.4) is 0 Å². The van der Waals surface area contributed by atoms with E-state index in [1.54, 1.807) is 39.1 Å². The number of nitrogens with one attached hydrogen (secondary N) is 2. The summed E-state index contributed by atoms with van der Waals surface area (Å²) in [5.41, 5.74) is 0.159. The van der Waals surface area contributed by atoms with Gasteiger partial charge in [0.25, 0.3) is 0 Å². The molecule has 1 saturated heterocycles. The minimum absolute atomic E-state index is 0.0513. The van der Waals surface area contributed by atoms with Gasteiger partial charge in [-0.1, -0.05) is 6.07 Å². The number of nitrogens with zero attached hydrogens (tertiary/aromatic N) is 1. The highest BCUT2D eigenvalue weighted by atomic mass is 32.2. The zero-order valence-corrected chi connectivity index (χ0v) is 22.1. The molecule has 0 spiro atoms. The first kappa shape index (κ1) is 26.4. The molecule has 0 unspecified atom stereocenters. The Bertz CT molecular complexity index is 1220. The fraction of sp³-hybridized carbons (Fsp3) is 0.542. The smallest absolute Gasteiger partial charge is 0.412 e. The predicted molar refractivity (Wildman–Crippen MR) is 135 cm³/mol. The van der Waals surface area contributed by atoms with Gasteiger partial charge >= 0.3 is 12.2 Å². The Labute approximate surface area is 214 Å². The minimum atomic E-state index is -3.71. The molecule has 1 aliphatic heterocycles. The lowest BCUT2D eigenvalue weighted by Gasteiger charge is -2.27. The van der Waals surface area contributed by atoms with E-state index in [2.05, 4.69) is 15.6 Å². The summed E-state index contributed by atoms with van der Waals surface area (Å²) in [6.45, 7) is 5.51. The molecule has 0 bridgehead atoms. The molecule has 4 rings (SSSR count). The van der Waals surface area contributed by atoms with Crippen LogP contribution >= 0.6 is 11.3 Å². The molecule has 2 heterocycles. The zero-order chi connectivity index (χ0) is 26.1. The second-order valence-corrected chi connectivity index (χ2v) is 13.4. The number of hydrogen-bond donors (Lipinski definition) is 3. The number of carboxylic acid groups (broad SMARTS) is 1. The summed E-state index contributed by atoms with van der Waals surface area (Å²) in [5, 5.41) is 14.4. The van der Waals surface area contributed by atoms with E-state index in [1.165, 1.54) is 17.4 Å². The number of carbonyl (C=O) groups is 2. The van der Waals surface area contributed by atoms with Gasteiger partial charge in [-0.25, -0.2) is 23.0 Å². The molecule has 2 aromatic rings. The largest absolute Gasteiger partial charge is 0.465 e. The first-order valence-electron chi connectivity index (χ1n) is 11.8. The van der Waals surface area contributed by atoms with E-state index in [4.69, 9.17) is 14.6 Å². The molecular formula is C24H31N3O7S2. The predicted octanol–water partition coefficient (Wildman–Crippen LogP) is 4.62. The molecule has 0 radical (unpaired) electrons. The van der Waals surface area contributed by atoms with Gasteiger partial charge in [-0.15, -0.1) is 11.3 Å². The number of benzene rings is 1. The topological polar surface area (TPSA) is 144 Å². The number of amides is 2. The van der Waals surface area contributed by atoms with Crippen LogP contribution in [0.15, 0.2) is 29.3 Å². The first-order valence-corrected chi connectivity index (χ1v) is 14.2. The van der Waals surface area contributed by atoms with E-state index < -0.39 is 32.9 Å². The average Bonchev–Trinajstić information content (AvgIpc) is 3.21. The van der Waals surface area contributed by atoms with Gasteiger partial charge in [-0.3, -0.25) is 5.32 Å². The summed E-state index contributed by atoms with van der Waals surface area (Å²) in [6.07, 6.45) is 3.09. The Hall–Kier alpha value is -2.70. The zero-order valence-electron chi connectivity index (χ0n) is 20.4. The average molecular weight is 538 g/mol. The molecule has 1 aromatic heterocycles. The van der Waals surface area contributed by atoms with Gasteiger partial charge in [0.1, 0.15) is 10.9 Å². The maximum atomic E-state index is 13.4. The molecule has 1 aliphatic carbocycles. The minimum Gasteiger partial charge on any atom is -0.465 e. The number of hydrogen-bond acceptors (Lipinski definition) is 8. The van der Waals surface area contributed by atoms with Crippen LogP contribution in [0.2, 0.25) is 0 Å². The molecule has 196 valence electrons. The lowest BCUT2D eigenvalue weighted by Crippen LogP contribution is -2.40. The van der Waals surface area contributed by atoms with E-state index in [9.17, 15) is 18.0 Å². The molecule has 12 heteroatoms. The SMILES string of the molecule is CC(C)(C)OC(=O)Nc1ccc(-c2cnc(C3CCC(NC(=O)O)CC3)s2)c(S(=O)(=O)C2COC2)c1. The van der Waals surface area contributed by atoms with Crippen molar-refractivity contribution in [1.82, 2.24) is 10.3 Å². The molecule has 3 N–H and O–H groups in total. The number of carbonyl (C=O) groups excluding carboxylic acids is 1.